The minimum Gasteiger partial charge on any atom is -0.457 e. The molecule has 0 heterocycles. The van der Waals surface area contributed by atoms with Gasteiger partial charge in [0.15, 0.2) is 0 Å². The van der Waals surface area contributed by atoms with Gasteiger partial charge in [0.25, 0.3) is 0 Å². The Morgan fingerprint density at radius 2 is 1.89 bits per heavy atom. The number of halogens is 2. The van der Waals surface area contributed by atoms with Crippen molar-refractivity contribution < 1.29 is 9.13 Å². The molecule has 0 amide bonds. The Balaban J connectivity index is 2.39. The molecule has 0 spiro atoms. The summed E-state index contributed by atoms with van der Waals surface area (Å²) in [5.74, 6) is 1.03. The van der Waals surface area contributed by atoms with Crippen LogP contribution in [-0.2, 0) is 0 Å². The highest BCUT2D eigenvalue weighted by Gasteiger charge is 2.11. The smallest absolute Gasteiger partial charge is 0.133 e. The fourth-order valence-corrected chi connectivity index (χ4v) is 2.16. The fraction of sp³-hybridized carbons (Fsp3) is 0.200. The molecule has 0 radical (unpaired) electrons. The molecular weight excluding hydrogens is 309 g/mol. The van der Waals surface area contributed by atoms with Crippen LogP contribution in [0.1, 0.15) is 24.1 Å². The van der Waals surface area contributed by atoms with Gasteiger partial charge in [-0.3, -0.25) is 0 Å². The molecule has 4 heteroatoms. The maximum atomic E-state index is 13.1. The normalized spacial score (nSPS) is 12.3. The van der Waals surface area contributed by atoms with Crippen LogP contribution in [0.4, 0.5) is 4.39 Å². The molecule has 1 unspecified atom stereocenters. The Bertz CT molecular complexity index is 599. The first-order valence-electron chi connectivity index (χ1n) is 5.96. The van der Waals surface area contributed by atoms with Crippen molar-refractivity contribution in [3.63, 3.8) is 0 Å². The number of aryl methyl sites for hydroxylation is 1. The lowest BCUT2D eigenvalue weighted by Gasteiger charge is -2.15. The van der Waals surface area contributed by atoms with E-state index >= 15 is 0 Å². The average Bonchev–Trinajstić information content (AvgIpc) is 2.32. The molecule has 2 nitrogen and oxygen atoms in total. The van der Waals surface area contributed by atoms with Crippen molar-refractivity contribution in [1.29, 1.82) is 0 Å². The van der Waals surface area contributed by atoms with Crippen molar-refractivity contribution >= 4 is 15.9 Å². The molecule has 2 rings (SSSR count). The van der Waals surface area contributed by atoms with Gasteiger partial charge in [-0.15, -0.1) is 0 Å². The second-order valence-corrected chi connectivity index (χ2v) is 5.40. The van der Waals surface area contributed by atoms with Gasteiger partial charge < -0.3 is 10.5 Å². The summed E-state index contributed by atoms with van der Waals surface area (Å²) in [7, 11) is 0. The standard InChI is InChI=1S/C15H15BrFNO/c1-9-7-12(17)4-6-14(9)19-15-8-11(16)3-5-13(15)10(2)18/h3-8,10H,18H2,1-2H3. The van der Waals surface area contributed by atoms with E-state index in [2.05, 4.69) is 15.9 Å². The van der Waals surface area contributed by atoms with Gasteiger partial charge in [0.05, 0.1) is 0 Å². The van der Waals surface area contributed by atoms with Gasteiger partial charge in [-0.25, -0.2) is 4.39 Å². The Hall–Kier alpha value is -1.39. The molecule has 0 aliphatic rings. The van der Waals surface area contributed by atoms with E-state index in [1.165, 1.54) is 12.1 Å². The third-order valence-corrected chi connectivity index (χ3v) is 3.32. The number of hydrogen-bond donors (Lipinski definition) is 1. The highest BCUT2D eigenvalue weighted by atomic mass is 79.9. The zero-order chi connectivity index (χ0) is 14.0. The predicted octanol–water partition coefficient (Wildman–Crippen LogP) is 4.71. The zero-order valence-electron chi connectivity index (χ0n) is 10.8. The van der Waals surface area contributed by atoms with Crippen LogP contribution in [0.2, 0.25) is 0 Å². The molecule has 0 fully saturated rings. The van der Waals surface area contributed by atoms with Crippen LogP contribution >= 0.6 is 15.9 Å². The van der Waals surface area contributed by atoms with Crippen molar-refractivity contribution in [2.24, 2.45) is 5.73 Å². The minimum atomic E-state index is -0.272. The van der Waals surface area contributed by atoms with Gasteiger partial charge >= 0.3 is 0 Å². The van der Waals surface area contributed by atoms with E-state index in [9.17, 15) is 4.39 Å². The molecule has 100 valence electrons. The third kappa shape index (κ3) is 3.33. The maximum absolute atomic E-state index is 13.1. The van der Waals surface area contributed by atoms with Crippen LogP contribution in [0, 0.1) is 12.7 Å². The summed E-state index contributed by atoms with van der Waals surface area (Å²) in [6.45, 7) is 3.70. The number of ether oxygens (including phenoxy) is 1. The van der Waals surface area contributed by atoms with Crippen molar-refractivity contribution in [3.8, 4) is 11.5 Å². The molecule has 0 aliphatic carbocycles. The van der Waals surface area contributed by atoms with Crippen LogP contribution < -0.4 is 10.5 Å². The first-order valence-corrected chi connectivity index (χ1v) is 6.75. The van der Waals surface area contributed by atoms with Crippen molar-refractivity contribution in [1.82, 2.24) is 0 Å². The van der Waals surface area contributed by atoms with E-state index in [0.29, 0.717) is 11.5 Å². The molecule has 1 atom stereocenters. The molecule has 0 aromatic heterocycles. The summed E-state index contributed by atoms with van der Waals surface area (Å²) in [5.41, 5.74) is 7.58. The monoisotopic (exact) mass is 323 g/mol. The molecule has 2 aromatic carbocycles. The van der Waals surface area contributed by atoms with E-state index < -0.39 is 0 Å². The SMILES string of the molecule is Cc1cc(F)ccc1Oc1cc(Br)ccc1C(C)N. The van der Waals surface area contributed by atoms with Crippen LogP contribution in [0.5, 0.6) is 11.5 Å². The lowest BCUT2D eigenvalue weighted by atomic mass is 10.1. The van der Waals surface area contributed by atoms with Crippen molar-refractivity contribution in [3.05, 3.63) is 57.8 Å². The first kappa shape index (κ1) is 14.0. The first-order chi connectivity index (χ1) is 8.97. The third-order valence-electron chi connectivity index (χ3n) is 2.82. The van der Waals surface area contributed by atoms with E-state index in [0.717, 1.165) is 15.6 Å². The highest BCUT2D eigenvalue weighted by Crippen LogP contribution is 2.33. The summed E-state index contributed by atoms with van der Waals surface area (Å²) in [6, 6.07) is 10.0. The van der Waals surface area contributed by atoms with Crippen LogP contribution in [0.25, 0.3) is 0 Å². The Labute approximate surface area is 120 Å². The van der Waals surface area contributed by atoms with Gasteiger partial charge in [0.2, 0.25) is 0 Å². The van der Waals surface area contributed by atoms with E-state index in [-0.39, 0.29) is 11.9 Å². The second-order valence-electron chi connectivity index (χ2n) is 4.48. The van der Waals surface area contributed by atoms with Crippen LogP contribution in [0.3, 0.4) is 0 Å². The molecule has 2 aromatic rings. The quantitative estimate of drug-likeness (QED) is 0.887. The summed E-state index contributed by atoms with van der Waals surface area (Å²) in [5, 5.41) is 0. The summed E-state index contributed by atoms with van der Waals surface area (Å²) in [4.78, 5) is 0. The summed E-state index contributed by atoms with van der Waals surface area (Å²) >= 11 is 3.41. The second kappa shape index (κ2) is 5.72. The average molecular weight is 324 g/mol. The molecule has 2 N–H and O–H groups in total. The molecule has 19 heavy (non-hydrogen) atoms. The fourth-order valence-electron chi connectivity index (χ4n) is 1.82. The van der Waals surface area contributed by atoms with Gasteiger partial charge in [-0.05, 0) is 49.7 Å². The number of benzene rings is 2. The lowest BCUT2D eigenvalue weighted by molar-refractivity contribution is 0.466. The molecule has 0 bridgehead atoms. The summed E-state index contributed by atoms with van der Waals surface area (Å²) in [6.07, 6.45) is 0. The Morgan fingerprint density at radius 1 is 1.16 bits per heavy atom. The van der Waals surface area contributed by atoms with Crippen LogP contribution in [0.15, 0.2) is 40.9 Å². The minimum absolute atomic E-state index is 0.135. The summed E-state index contributed by atoms with van der Waals surface area (Å²) < 4.78 is 19.8. The molecule has 0 saturated carbocycles. The molecule has 0 saturated heterocycles. The highest BCUT2D eigenvalue weighted by molar-refractivity contribution is 9.10. The van der Waals surface area contributed by atoms with Crippen molar-refractivity contribution in [2.45, 2.75) is 19.9 Å². The number of rotatable bonds is 3. The Morgan fingerprint density at radius 3 is 2.53 bits per heavy atom. The van der Waals surface area contributed by atoms with Gasteiger partial charge in [0, 0.05) is 16.1 Å². The molecule has 0 aliphatic heterocycles. The number of nitrogens with two attached hydrogens (primary N) is 1. The predicted molar refractivity (Wildman–Crippen MR) is 78.0 cm³/mol. The zero-order valence-corrected chi connectivity index (χ0v) is 12.4. The lowest BCUT2D eigenvalue weighted by Crippen LogP contribution is -2.06. The largest absolute Gasteiger partial charge is 0.457 e. The Kier molecular flexibility index (Phi) is 4.22. The van der Waals surface area contributed by atoms with Gasteiger partial charge in [-0.1, -0.05) is 22.0 Å². The van der Waals surface area contributed by atoms with Crippen molar-refractivity contribution in [2.75, 3.05) is 0 Å². The number of hydrogen-bond acceptors (Lipinski definition) is 2. The topological polar surface area (TPSA) is 35.2 Å². The van der Waals surface area contributed by atoms with Crippen LogP contribution in [-0.4, -0.2) is 0 Å². The van der Waals surface area contributed by atoms with E-state index in [1.807, 2.05) is 32.0 Å². The van der Waals surface area contributed by atoms with E-state index in [4.69, 9.17) is 10.5 Å². The molecular formula is C15H15BrFNO. The maximum Gasteiger partial charge on any atom is 0.133 e. The van der Waals surface area contributed by atoms with Gasteiger partial charge in [-0.2, -0.15) is 0 Å². The van der Waals surface area contributed by atoms with Gasteiger partial charge in [0.1, 0.15) is 17.3 Å². The van der Waals surface area contributed by atoms with E-state index in [1.54, 1.807) is 6.07 Å².